The summed E-state index contributed by atoms with van der Waals surface area (Å²) in [5.41, 5.74) is 0.722. The topological polar surface area (TPSA) is 67.9 Å². The van der Waals surface area contributed by atoms with Crippen molar-refractivity contribution in [2.45, 2.75) is 0 Å². The molecule has 0 aliphatic rings. The Morgan fingerprint density at radius 3 is 2.68 bits per heavy atom. The van der Waals surface area contributed by atoms with E-state index in [9.17, 15) is 9.59 Å². The SMILES string of the molecule is COC(=O)CNc1cccc(OCC(=O)N(C)C)c1. The summed E-state index contributed by atoms with van der Waals surface area (Å²) in [5, 5.41) is 2.90. The second kappa shape index (κ2) is 7.25. The molecule has 6 nitrogen and oxygen atoms in total. The van der Waals surface area contributed by atoms with Gasteiger partial charge < -0.3 is 19.7 Å². The summed E-state index contributed by atoms with van der Waals surface area (Å²) in [6.45, 7) is 0.0596. The highest BCUT2D eigenvalue weighted by Crippen LogP contribution is 2.17. The van der Waals surface area contributed by atoms with Gasteiger partial charge in [-0.2, -0.15) is 0 Å². The lowest BCUT2D eigenvalue weighted by Crippen LogP contribution is -2.27. The molecular formula is C13H18N2O4. The van der Waals surface area contributed by atoms with Crippen molar-refractivity contribution in [3.8, 4) is 5.75 Å². The Labute approximate surface area is 112 Å². The van der Waals surface area contributed by atoms with E-state index in [1.807, 2.05) is 0 Å². The number of amides is 1. The number of nitrogens with one attached hydrogen (secondary N) is 1. The van der Waals surface area contributed by atoms with Crippen LogP contribution in [0, 0.1) is 0 Å². The third-order valence-electron chi connectivity index (χ3n) is 2.36. The Hall–Kier alpha value is -2.24. The highest BCUT2D eigenvalue weighted by atomic mass is 16.5. The predicted molar refractivity (Wildman–Crippen MR) is 71.1 cm³/mol. The lowest BCUT2D eigenvalue weighted by Gasteiger charge is -2.12. The van der Waals surface area contributed by atoms with Gasteiger partial charge in [-0.1, -0.05) is 6.07 Å². The van der Waals surface area contributed by atoms with Gasteiger partial charge in [-0.3, -0.25) is 9.59 Å². The Balaban J connectivity index is 2.52. The number of likely N-dealkylation sites (N-methyl/N-ethyl adjacent to an activating group) is 1. The van der Waals surface area contributed by atoms with E-state index in [1.54, 1.807) is 38.4 Å². The van der Waals surface area contributed by atoms with E-state index < -0.39 is 0 Å². The van der Waals surface area contributed by atoms with Crippen molar-refractivity contribution in [2.75, 3.05) is 39.7 Å². The quantitative estimate of drug-likeness (QED) is 0.769. The van der Waals surface area contributed by atoms with Crippen LogP contribution < -0.4 is 10.1 Å². The average molecular weight is 266 g/mol. The second-order valence-corrected chi connectivity index (χ2v) is 4.03. The van der Waals surface area contributed by atoms with E-state index in [0.29, 0.717) is 5.75 Å². The molecule has 0 heterocycles. The molecule has 1 rings (SSSR count). The molecule has 0 fully saturated rings. The van der Waals surface area contributed by atoms with Gasteiger partial charge in [-0.05, 0) is 12.1 Å². The number of rotatable bonds is 6. The van der Waals surface area contributed by atoms with Crippen LogP contribution in [-0.4, -0.2) is 51.1 Å². The first kappa shape index (κ1) is 14.8. The maximum Gasteiger partial charge on any atom is 0.325 e. The third kappa shape index (κ3) is 5.29. The predicted octanol–water partition coefficient (Wildman–Crippen LogP) is 0.738. The maximum absolute atomic E-state index is 11.4. The number of hydrogen-bond donors (Lipinski definition) is 1. The maximum atomic E-state index is 11.4. The molecule has 0 aliphatic carbocycles. The van der Waals surface area contributed by atoms with E-state index in [1.165, 1.54) is 12.0 Å². The summed E-state index contributed by atoms with van der Waals surface area (Å²) in [7, 11) is 4.66. The van der Waals surface area contributed by atoms with E-state index >= 15 is 0 Å². The second-order valence-electron chi connectivity index (χ2n) is 4.03. The Bertz CT molecular complexity index is 446. The molecular weight excluding hydrogens is 248 g/mol. The summed E-state index contributed by atoms with van der Waals surface area (Å²) in [6.07, 6.45) is 0. The molecule has 0 aromatic heterocycles. The number of anilines is 1. The van der Waals surface area contributed by atoms with E-state index in [0.717, 1.165) is 5.69 Å². The molecule has 1 aromatic carbocycles. The summed E-state index contributed by atoms with van der Waals surface area (Å²) >= 11 is 0. The van der Waals surface area contributed by atoms with Gasteiger partial charge in [0, 0.05) is 25.8 Å². The Morgan fingerprint density at radius 2 is 2.05 bits per heavy atom. The zero-order chi connectivity index (χ0) is 14.3. The van der Waals surface area contributed by atoms with Crippen LogP contribution in [0.15, 0.2) is 24.3 Å². The Morgan fingerprint density at radius 1 is 1.32 bits per heavy atom. The molecule has 104 valence electrons. The van der Waals surface area contributed by atoms with Crippen molar-refractivity contribution in [3.05, 3.63) is 24.3 Å². The van der Waals surface area contributed by atoms with Crippen molar-refractivity contribution in [3.63, 3.8) is 0 Å². The third-order valence-corrected chi connectivity index (χ3v) is 2.36. The zero-order valence-corrected chi connectivity index (χ0v) is 11.3. The molecule has 19 heavy (non-hydrogen) atoms. The summed E-state index contributed by atoms with van der Waals surface area (Å²) in [5.74, 6) is 0.0899. The van der Waals surface area contributed by atoms with Gasteiger partial charge in [0.25, 0.3) is 5.91 Å². The zero-order valence-electron chi connectivity index (χ0n) is 11.3. The van der Waals surface area contributed by atoms with Gasteiger partial charge in [0.15, 0.2) is 6.61 Å². The largest absolute Gasteiger partial charge is 0.484 e. The van der Waals surface area contributed by atoms with Crippen LogP contribution in [-0.2, 0) is 14.3 Å². The molecule has 0 saturated carbocycles. The average Bonchev–Trinajstić information content (AvgIpc) is 2.42. The van der Waals surface area contributed by atoms with E-state index in [2.05, 4.69) is 10.1 Å². The number of benzene rings is 1. The van der Waals surface area contributed by atoms with Crippen molar-refractivity contribution >= 4 is 17.6 Å². The van der Waals surface area contributed by atoms with Crippen LogP contribution in [0.2, 0.25) is 0 Å². The molecule has 0 atom stereocenters. The van der Waals surface area contributed by atoms with Crippen LogP contribution in [0.4, 0.5) is 5.69 Å². The van der Waals surface area contributed by atoms with Crippen molar-refractivity contribution in [1.29, 1.82) is 0 Å². The smallest absolute Gasteiger partial charge is 0.325 e. The van der Waals surface area contributed by atoms with Gasteiger partial charge in [-0.15, -0.1) is 0 Å². The molecule has 0 spiro atoms. The molecule has 0 radical (unpaired) electrons. The number of hydrogen-bond acceptors (Lipinski definition) is 5. The van der Waals surface area contributed by atoms with Gasteiger partial charge in [-0.25, -0.2) is 0 Å². The van der Waals surface area contributed by atoms with E-state index in [-0.39, 0.29) is 25.0 Å². The van der Waals surface area contributed by atoms with Crippen LogP contribution in [0.1, 0.15) is 0 Å². The number of esters is 1. The fourth-order valence-electron chi connectivity index (χ4n) is 1.22. The molecule has 0 aliphatic heterocycles. The fourth-order valence-corrected chi connectivity index (χ4v) is 1.22. The lowest BCUT2D eigenvalue weighted by atomic mass is 10.3. The minimum Gasteiger partial charge on any atom is -0.484 e. The highest BCUT2D eigenvalue weighted by molar-refractivity contribution is 5.77. The summed E-state index contributed by atoms with van der Waals surface area (Å²) in [6, 6.07) is 7.02. The number of carbonyl (C=O) groups excluding carboxylic acids is 2. The number of carbonyl (C=O) groups is 2. The van der Waals surface area contributed by atoms with Gasteiger partial charge >= 0.3 is 5.97 Å². The van der Waals surface area contributed by atoms with Gasteiger partial charge in [0.2, 0.25) is 0 Å². The monoisotopic (exact) mass is 266 g/mol. The molecule has 6 heteroatoms. The highest BCUT2D eigenvalue weighted by Gasteiger charge is 2.05. The molecule has 0 unspecified atom stereocenters. The molecule has 0 bridgehead atoms. The number of methoxy groups -OCH3 is 1. The molecule has 0 saturated heterocycles. The van der Waals surface area contributed by atoms with Crippen molar-refractivity contribution < 1.29 is 19.1 Å². The first-order valence-electron chi connectivity index (χ1n) is 5.76. The van der Waals surface area contributed by atoms with E-state index in [4.69, 9.17) is 4.74 Å². The minimum atomic E-state index is -0.353. The summed E-state index contributed by atoms with van der Waals surface area (Å²) in [4.78, 5) is 23.8. The number of nitrogens with zero attached hydrogens (tertiary/aromatic N) is 1. The Kier molecular flexibility index (Phi) is 5.66. The minimum absolute atomic E-state index is 0.0204. The standard InChI is InChI=1S/C13H18N2O4/c1-15(2)12(16)9-19-11-6-4-5-10(7-11)14-8-13(17)18-3/h4-7,14H,8-9H2,1-3H3. The normalized spacial score (nSPS) is 9.63. The molecule has 1 N–H and O–H groups in total. The van der Waals surface area contributed by atoms with Crippen LogP contribution in [0.3, 0.4) is 0 Å². The first-order valence-corrected chi connectivity index (χ1v) is 5.76. The van der Waals surface area contributed by atoms with Crippen LogP contribution >= 0.6 is 0 Å². The molecule has 1 amide bonds. The molecule has 1 aromatic rings. The first-order chi connectivity index (χ1) is 9.02. The van der Waals surface area contributed by atoms with Crippen molar-refractivity contribution in [2.24, 2.45) is 0 Å². The fraction of sp³-hybridized carbons (Fsp3) is 0.385. The summed E-state index contributed by atoms with van der Waals surface area (Å²) < 4.78 is 9.88. The van der Waals surface area contributed by atoms with Crippen molar-refractivity contribution in [1.82, 2.24) is 4.90 Å². The van der Waals surface area contributed by atoms with Gasteiger partial charge in [0.05, 0.1) is 7.11 Å². The number of ether oxygens (including phenoxy) is 2. The lowest BCUT2D eigenvalue weighted by molar-refractivity contribution is -0.138. The van der Waals surface area contributed by atoms with Crippen LogP contribution in [0.5, 0.6) is 5.75 Å². The van der Waals surface area contributed by atoms with Crippen LogP contribution in [0.25, 0.3) is 0 Å². The van der Waals surface area contributed by atoms with Gasteiger partial charge in [0.1, 0.15) is 12.3 Å².